The molecule has 0 unspecified atom stereocenters. The summed E-state index contributed by atoms with van der Waals surface area (Å²) < 4.78 is 5.40. The van der Waals surface area contributed by atoms with Gasteiger partial charge in [-0.15, -0.1) is 0 Å². The Balaban J connectivity index is 1.60. The van der Waals surface area contributed by atoms with Gasteiger partial charge in [0.25, 0.3) is 0 Å². The molecule has 110 valence electrons. The summed E-state index contributed by atoms with van der Waals surface area (Å²) in [5.74, 6) is -0.0100. The highest BCUT2D eigenvalue weighted by Crippen LogP contribution is 2.57. The third kappa shape index (κ3) is 1.74. The van der Waals surface area contributed by atoms with Gasteiger partial charge in [-0.1, -0.05) is 18.2 Å². The van der Waals surface area contributed by atoms with E-state index in [-0.39, 0.29) is 35.7 Å². The van der Waals surface area contributed by atoms with E-state index in [2.05, 4.69) is 5.32 Å². The Bertz CT molecular complexity index is 617. The minimum absolute atomic E-state index is 0.0119. The first-order chi connectivity index (χ1) is 10.1. The van der Waals surface area contributed by atoms with Crippen molar-refractivity contribution in [2.45, 2.75) is 32.8 Å². The summed E-state index contributed by atoms with van der Waals surface area (Å²) >= 11 is 0. The fourth-order valence-electron chi connectivity index (χ4n) is 4.58. The SMILES string of the molecule is Cc1cccc(C)c1NC(=O)[C@@H]1[C@@H]2C[C@@H]3[C@H]1C(=O)O[C@@H]3C2. The van der Waals surface area contributed by atoms with Crippen molar-refractivity contribution in [3.05, 3.63) is 29.3 Å². The van der Waals surface area contributed by atoms with E-state index in [1.54, 1.807) is 0 Å². The second-order valence-electron chi connectivity index (χ2n) is 6.68. The monoisotopic (exact) mass is 285 g/mol. The molecule has 1 N–H and O–H groups in total. The van der Waals surface area contributed by atoms with Crippen molar-refractivity contribution in [1.29, 1.82) is 0 Å². The molecule has 5 atom stereocenters. The number of carbonyl (C=O) groups excluding carboxylic acids is 2. The second-order valence-corrected chi connectivity index (χ2v) is 6.68. The van der Waals surface area contributed by atoms with Gasteiger partial charge in [0.1, 0.15) is 6.10 Å². The zero-order valence-corrected chi connectivity index (χ0v) is 12.3. The number of carbonyl (C=O) groups is 2. The third-order valence-corrected chi connectivity index (χ3v) is 5.52. The first-order valence-electron chi connectivity index (χ1n) is 7.64. The van der Waals surface area contributed by atoms with E-state index >= 15 is 0 Å². The van der Waals surface area contributed by atoms with Crippen LogP contribution in [0.2, 0.25) is 0 Å². The summed E-state index contributed by atoms with van der Waals surface area (Å²) in [5, 5.41) is 3.06. The van der Waals surface area contributed by atoms with E-state index in [9.17, 15) is 9.59 Å². The Morgan fingerprint density at radius 3 is 2.67 bits per heavy atom. The molecule has 1 aromatic rings. The summed E-state index contributed by atoms with van der Waals surface area (Å²) in [6.07, 6.45) is 1.90. The predicted octanol–water partition coefficient (Wildman–Crippen LogP) is 2.44. The quantitative estimate of drug-likeness (QED) is 0.849. The molecule has 3 fully saturated rings. The van der Waals surface area contributed by atoms with Gasteiger partial charge in [-0.25, -0.2) is 0 Å². The van der Waals surface area contributed by atoms with Gasteiger partial charge >= 0.3 is 5.97 Å². The van der Waals surface area contributed by atoms with Crippen LogP contribution in [-0.4, -0.2) is 18.0 Å². The molecule has 2 bridgehead atoms. The number of anilines is 1. The van der Waals surface area contributed by atoms with Crippen molar-refractivity contribution in [1.82, 2.24) is 0 Å². The number of aryl methyl sites for hydroxylation is 2. The van der Waals surface area contributed by atoms with E-state index < -0.39 is 0 Å². The number of amides is 1. The van der Waals surface area contributed by atoms with Gasteiger partial charge in [-0.3, -0.25) is 9.59 Å². The second kappa shape index (κ2) is 4.33. The molecular formula is C17H19NO3. The molecule has 2 saturated carbocycles. The van der Waals surface area contributed by atoms with Crippen molar-refractivity contribution in [2.24, 2.45) is 23.7 Å². The molecule has 1 amide bonds. The van der Waals surface area contributed by atoms with Crippen LogP contribution >= 0.6 is 0 Å². The molecular weight excluding hydrogens is 266 g/mol. The van der Waals surface area contributed by atoms with Crippen LogP contribution in [0, 0.1) is 37.5 Å². The number of ether oxygens (including phenoxy) is 1. The van der Waals surface area contributed by atoms with Crippen molar-refractivity contribution < 1.29 is 14.3 Å². The number of rotatable bonds is 2. The first kappa shape index (κ1) is 12.9. The van der Waals surface area contributed by atoms with Crippen molar-refractivity contribution in [2.75, 3.05) is 5.32 Å². The molecule has 21 heavy (non-hydrogen) atoms. The van der Waals surface area contributed by atoms with Gasteiger partial charge in [0.15, 0.2) is 0 Å². The van der Waals surface area contributed by atoms with Crippen molar-refractivity contribution >= 4 is 17.6 Å². The average Bonchev–Trinajstić information content (AvgIpc) is 3.04. The van der Waals surface area contributed by atoms with E-state index in [1.165, 1.54) is 0 Å². The number of para-hydroxylation sites is 1. The van der Waals surface area contributed by atoms with Gasteiger partial charge in [0, 0.05) is 11.6 Å². The molecule has 3 aliphatic rings. The van der Waals surface area contributed by atoms with Gasteiger partial charge in [-0.05, 0) is 43.7 Å². The molecule has 1 saturated heterocycles. The molecule has 4 nitrogen and oxygen atoms in total. The Morgan fingerprint density at radius 2 is 1.95 bits per heavy atom. The molecule has 1 aromatic carbocycles. The molecule has 4 heteroatoms. The predicted molar refractivity (Wildman–Crippen MR) is 77.6 cm³/mol. The fourth-order valence-corrected chi connectivity index (χ4v) is 4.58. The standard InChI is InChI=1S/C17H19NO3/c1-8-4-3-5-9(2)15(8)18-16(19)13-10-6-11-12(7-10)21-17(20)14(11)13/h3-5,10-14H,6-7H2,1-2H3,(H,18,19)/t10-,11+,12-,13-,14-/m1/s1. The summed E-state index contributed by atoms with van der Waals surface area (Å²) in [7, 11) is 0. The minimum Gasteiger partial charge on any atom is -0.462 e. The van der Waals surface area contributed by atoms with Gasteiger partial charge in [0.05, 0.1) is 11.8 Å². The van der Waals surface area contributed by atoms with Crippen LogP contribution in [0.4, 0.5) is 5.69 Å². The largest absolute Gasteiger partial charge is 0.462 e. The summed E-state index contributed by atoms with van der Waals surface area (Å²) in [6, 6.07) is 5.96. The van der Waals surface area contributed by atoms with Gasteiger partial charge < -0.3 is 10.1 Å². The fraction of sp³-hybridized carbons (Fsp3) is 0.529. The molecule has 4 rings (SSSR count). The lowest BCUT2D eigenvalue weighted by Crippen LogP contribution is -2.36. The molecule has 0 radical (unpaired) electrons. The number of hydrogen-bond acceptors (Lipinski definition) is 3. The Kier molecular flexibility index (Phi) is 2.65. The van der Waals surface area contributed by atoms with Crippen LogP contribution < -0.4 is 5.32 Å². The van der Waals surface area contributed by atoms with Crippen LogP contribution in [0.3, 0.4) is 0 Å². The minimum atomic E-state index is -0.210. The summed E-state index contributed by atoms with van der Waals surface area (Å²) in [5.41, 5.74) is 2.99. The maximum atomic E-state index is 12.7. The number of nitrogens with one attached hydrogen (secondary N) is 1. The molecule has 2 aliphatic carbocycles. The zero-order chi connectivity index (χ0) is 14.7. The highest BCUT2D eigenvalue weighted by molar-refractivity contribution is 5.97. The number of esters is 1. The van der Waals surface area contributed by atoms with Crippen LogP contribution in [-0.2, 0) is 14.3 Å². The lowest BCUT2D eigenvalue weighted by Gasteiger charge is -2.24. The number of benzene rings is 1. The van der Waals surface area contributed by atoms with Crippen LogP contribution in [0.1, 0.15) is 24.0 Å². The molecule has 1 aliphatic heterocycles. The smallest absolute Gasteiger partial charge is 0.310 e. The lowest BCUT2D eigenvalue weighted by atomic mass is 9.79. The highest BCUT2D eigenvalue weighted by atomic mass is 16.6. The summed E-state index contributed by atoms with van der Waals surface area (Å²) in [4.78, 5) is 24.7. The molecule has 1 heterocycles. The first-order valence-corrected chi connectivity index (χ1v) is 7.64. The van der Waals surface area contributed by atoms with Crippen LogP contribution in [0.5, 0.6) is 0 Å². The number of hydrogen-bond donors (Lipinski definition) is 1. The van der Waals surface area contributed by atoms with E-state index in [0.29, 0.717) is 5.92 Å². The normalized spacial score (nSPS) is 35.9. The lowest BCUT2D eigenvalue weighted by molar-refractivity contribution is -0.145. The Morgan fingerprint density at radius 1 is 1.24 bits per heavy atom. The number of fused-ring (bicyclic) bond motifs is 1. The maximum absolute atomic E-state index is 12.7. The van der Waals surface area contributed by atoms with Gasteiger partial charge in [0.2, 0.25) is 5.91 Å². The zero-order valence-electron chi connectivity index (χ0n) is 12.3. The van der Waals surface area contributed by atoms with E-state index in [1.807, 2.05) is 32.0 Å². The Hall–Kier alpha value is -1.84. The molecule has 0 aromatic heterocycles. The molecule has 0 spiro atoms. The third-order valence-electron chi connectivity index (χ3n) is 5.52. The van der Waals surface area contributed by atoms with E-state index in [4.69, 9.17) is 4.74 Å². The summed E-state index contributed by atoms with van der Waals surface area (Å²) in [6.45, 7) is 3.98. The van der Waals surface area contributed by atoms with Crippen LogP contribution in [0.25, 0.3) is 0 Å². The van der Waals surface area contributed by atoms with Crippen molar-refractivity contribution in [3.8, 4) is 0 Å². The highest BCUT2D eigenvalue weighted by Gasteiger charge is 2.63. The maximum Gasteiger partial charge on any atom is 0.310 e. The topological polar surface area (TPSA) is 55.4 Å². The van der Waals surface area contributed by atoms with Crippen LogP contribution in [0.15, 0.2) is 18.2 Å². The van der Waals surface area contributed by atoms with Gasteiger partial charge in [-0.2, -0.15) is 0 Å². The van der Waals surface area contributed by atoms with E-state index in [0.717, 1.165) is 29.7 Å². The average molecular weight is 285 g/mol. The Labute approximate surface area is 123 Å². The van der Waals surface area contributed by atoms with Crippen molar-refractivity contribution in [3.63, 3.8) is 0 Å².